The molecule has 3 unspecified atom stereocenters. The Bertz CT molecular complexity index is 236. The third-order valence-electron chi connectivity index (χ3n) is 4.07. The number of carbonyl (C=O) groups is 1. The second-order valence-corrected chi connectivity index (χ2v) is 5.23. The van der Waals surface area contributed by atoms with Crippen LogP contribution in [0.15, 0.2) is 0 Å². The molecule has 0 aromatic rings. The maximum atomic E-state index is 11.4. The molecule has 1 saturated carbocycles. The number of carbonyl (C=O) groups excluding carboxylic acids is 1. The van der Waals surface area contributed by atoms with Gasteiger partial charge in [-0.1, -0.05) is 0 Å². The van der Waals surface area contributed by atoms with Gasteiger partial charge in [-0.15, -0.1) is 0 Å². The summed E-state index contributed by atoms with van der Waals surface area (Å²) in [6.07, 6.45) is 3.71. The van der Waals surface area contributed by atoms with Crippen LogP contribution in [-0.4, -0.2) is 29.3 Å². The third-order valence-corrected chi connectivity index (χ3v) is 4.07. The van der Waals surface area contributed by atoms with E-state index < -0.39 is 0 Å². The summed E-state index contributed by atoms with van der Waals surface area (Å²) < 4.78 is 0. The van der Waals surface area contributed by atoms with Gasteiger partial charge in [0.15, 0.2) is 0 Å². The number of hydrogen-bond donors (Lipinski definition) is 0. The topological polar surface area (TPSA) is 20.3 Å². The summed E-state index contributed by atoms with van der Waals surface area (Å²) in [5, 5.41) is 0. The van der Waals surface area contributed by atoms with Crippen LogP contribution in [0.5, 0.6) is 0 Å². The molecule has 0 N–H and O–H groups in total. The van der Waals surface area contributed by atoms with E-state index in [9.17, 15) is 4.79 Å². The predicted octanol–water partition coefficient (Wildman–Crippen LogP) is 2.08. The lowest BCUT2D eigenvalue weighted by Gasteiger charge is -2.50. The highest BCUT2D eigenvalue weighted by Gasteiger charge is 2.42. The van der Waals surface area contributed by atoms with Crippen molar-refractivity contribution < 1.29 is 4.79 Å². The Morgan fingerprint density at radius 2 is 2.07 bits per heavy atom. The van der Waals surface area contributed by atoms with E-state index in [4.69, 9.17) is 0 Å². The summed E-state index contributed by atoms with van der Waals surface area (Å²) in [5.41, 5.74) is 0. The van der Waals surface area contributed by atoms with Gasteiger partial charge in [-0.25, -0.2) is 0 Å². The van der Waals surface area contributed by atoms with Crippen LogP contribution >= 0.6 is 0 Å². The maximum absolute atomic E-state index is 11.4. The minimum absolute atomic E-state index is 0.378. The van der Waals surface area contributed by atoms with E-state index in [2.05, 4.69) is 18.7 Å². The number of Topliss-reactive ketones (excluding diaryl/α,β-unsaturated/α-hetero) is 1. The fraction of sp³-hybridized carbons (Fsp3) is 0.917. The number of fused-ring (bicyclic) bond motifs is 3. The highest BCUT2D eigenvalue weighted by Crippen LogP contribution is 2.40. The highest BCUT2D eigenvalue weighted by molar-refractivity contribution is 5.79. The van der Waals surface area contributed by atoms with Crippen LogP contribution in [-0.2, 0) is 4.79 Å². The van der Waals surface area contributed by atoms with Gasteiger partial charge in [-0.05, 0) is 46.0 Å². The molecule has 3 atom stereocenters. The van der Waals surface area contributed by atoms with E-state index in [1.165, 1.54) is 12.8 Å². The van der Waals surface area contributed by atoms with E-state index >= 15 is 0 Å². The van der Waals surface area contributed by atoms with E-state index in [0.29, 0.717) is 29.7 Å². The monoisotopic (exact) mass is 195 g/mol. The van der Waals surface area contributed by atoms with Crippen molar-refractivity contribution in [2.75, 3.05) is 6.54 Å². The number of hydrogen-bond acceptors (Lipinski definition) is 2. The van der Waals surface area contributed by atoms with Crippen molar-refractivity contribution in [3.8, 4) is 0 Å². The fourth-order valence-electron chi connectivity index (χ4n) is 3.28. The molecule has 80 valence electrons. The average Bonchev–Trinajstić information content (AvgIpc) is 2.18. The predicted molar refractivity (Wildman–Crippen MR) is 57.1 cm³/mol. The van der Waals surface area contributed by atoms with Crippen molar-refractivity contribution in [3.63, 3.8) is 0 Å². The molecule has 2 saturated heterocycles. The van der Waals surface area contributed by atoms with Crippen molar-refractivity contribution in [1.29, 1.82) is 0 Å². The molecule has 3 fully saturated rings. The summed E-state index contributed by atoms with van der Waals surface area (Å²) in [5.74, 6) is 1.45. The third kappa shape index (κ3) is 1.60. The van der Waals surface area contributed by atoms with Crippen LogP contribution in [0, 0.1) is 11.8 Å². The summed E-state index contributed by atoms with van der Waals surface area (Å²) >= 11 is 0. The summed E-state index contributed by atoms with van der Waals surface area (Å²) in [7, 11) is 0. The molecule has 2 heteroatoms. The Morgan fingerprint density at radius 3 is 2.50 bits per heavy atom. The molecular formula is C12H21NO. The van der Waals surface area contributed by atoms with Gasteiger partial charge in [0, 0.05) is 24.5 Å². The summed E-state index contributed by atoms with van der Waals surface area (Å²) in [6, 6.07) is 1.34. The molecule has 2 aliphatic heterocycles. The van der Waals surface area contributed by atoms with Crippen molar-refractivity contribution in [2.24, 2.45) is 11.8 Å². The van der Waals surface area contributed by atoms with Crippen molar-refractivity contribution in [2.45, 2.75) is 52.1 Å². The quantitative estimate of drug-likeness (QED) is 0.672. The molecule has 3 aliphatic rings. The Labute approximate surface area is 86.7 Å². The molecule has 3 rings (SSSR count). The lowest BCUT2D eigenvalue weighted by molar-refractivity contribution is -0.128. The van der Waals surface area contributed by atoms with Crippen LogP contribution in [0.25, 0.3) is 0 Å². The highest BCUT2D eigenvalue weighted by atomic mass is 16.1. The summed E-state index contributed by atoms with van der Waals surface area (Å²) in [4.78, 5) is 14.0. The van der Waals surface area contributed by atoms with Gasteiger partial charge in [0.05, 0.1) is 0 Å². The van der Waals surface area contributed by atoms with E-state index in [1.807, 2.05) is 0 Å². The zero-order chi connectivity index (χ0) is 10.3. The zero-order valence-corrected chi connectivity index (χ0v) is 9.49. The van der Waals surface area contributed by atoms with Gasteiger partial charge in [-0.2, -0.15) is 0 Å². The number of nitrogens with zero attached hydrogens (tertiary/aromatic N) is 1. The van der Waals surface area contributed by atoms with Gasteiger partial charge in [0.25, 0.3) is 0 Å². The van der Waals surface area contributed by atoms with E-state index in [1.54, 1.807) is 6.92 Å². The molecule has 0 aromatic heterocycles. The Hall–Kier alpha value is -0.370. The molecule has 1 aliphatic carbocycles. The molecular weight excluding hydrogens is 174 g/mol. The van der Waals surface area contributed by atoms with Crippen LogP contribution in [0.2, 0.25) is 0 Å². The second-order valence-electron chi connectivity index (χ2n) is 5.23. The lowest BCUT2D eigenvalue weighted by atomic mass is 9.70. The minimum Gasteiger partial charge on any atom is -0.300 e. The first kappa shape index (κ1) is 10.2. The van der Waals surface area contributed by atoms with Gasteiger partial charge < -0.3 is 0 Å². The van der Waals surface area contributed by atoms with Crippen LogP contribution in [0.1, 0.15) is 40.0 Å². The first-order valence-electron chi connectivity index (χ1n) is 5.85. The number of piperidine rings is 2. The largest absolute Gasteiger partial charge is 0.300 e. The van der Waals surface area contributed by atoms with Crippen LogP contribution in [0.4, 0.5) is 0 Å². The van der Waals surface area contributed by atoms with Gasteiger partial charge in [0.1, 0.15) is 5.78 Å². The van der Waals surface area contributed by atoms with Gasteiger partial charge in [0.2, 0.25) is 0 Å². The normalized spacial score (nSPS) is 37.9. The standard InChI is InChI=1S/C12H21NO/c1-8(2)13-7-10-4-5-11(13)6-12(10)9(3)14/h8,10-12H,4-7H2,1-3H3. The SMILES string of the molecule is CC(=O)C1CC2CCC1CN2C(C)C. The first-order valence-corrected chi connectivity index (χ1v) is 5.85. The number of ketones is 1. The average molecular weight is 195 g/mol. The first-order chi connectivity index (χ1) is 6.59. The van der Waals surface area contributed by atoms with Crippen molar-refractivity contribution >= 4 is 5.78 Å². The zero-order valence-electron chi connectivity index (χ0n) is 9.49. The molecule has 14 heavy (non-hydrogen) atoms. The second kappa shape index (κ2) is 3.65. The molecule has 2 heterocycles. The smallest absolute Gasteiger partial charge is 0.133 e. The number of rotatable bonds is 2. The molecule has 0 radical (unpaired) electrons. The molecule has 2 bridgehead atoms. The Kier molecular flexibility index (Phi) is 2.65. The van der Waals surface area contributed by atoms with Crippen molar-refractivity contribution in [3.05, 3.63) is 0 Å². The van der Waals surface area contributed by atoms with Gasteiger partial charge in [-0.3, -0.25) is 9.69 Å². The maximum Gasteiger partial charge on any atom is 0.133 e. The molecule has 0 aromatic carbocycles. The van der Waals surface area contributed by atoms with Crippen molar-refractivity contribution in [1.82, 2.24) is 4.90 Å². The van der Waals surface area contributed by atoms with E-state index in [-0.39, 0.29) is 0 Å². The minimum atomic E-state index is 0.378. The lowest BCUT2D eigenvalue weighted by Crippen LogP contribution is -2.55. The Balaban J connectivity index is 2.08. The van der Waals surface area contributed by atoms with Gasteiger partial charge >= 0.3 is 0 Å². The Morgan fingerprint density at radius 1 is 1.36 bits per heavy atom. The summed E-state index contributed by atoms with van der Waals surface area (Å²) in [6.45, 7) is 7.46. The molecule has 2 nitrogen and oxygen atoms in total. The molecule has 0 spiro atoms. The molecule has 0 amide bonds. The fourth-order valence-corrected chi connectivity index (χ4v) is 3.28. The van der Waals surface area contributed by atoms with Crippen LogP contribution in [0.3, 0.4) is 0 Å². The van der Waals surface area contributed by atoms with E-state index in [0.717, 1.165) is 13.0 Å². The van der Waals surface area contributed by atoms with Crippen LogP contribution < -0.4 is 0 Å².